The third-order valence-electron chi connectivity index (χ3n) is 4.24. The Hall–Kier alpha value is -3.10. The maximum Gasteiger partial charge on any atom is 0.379 e. The van der Waals surface area contributed by atoms with Crippen LogP contribution in [0, 0.1) is 0 Å². The maximum atomic E-state index is 12.7. The van der Waals surface area contributed by atoms with Crippen LogP contribution in [0.2, 0.25) is 0 Å². The van der Waals surface area contributed by atoms with Crippen LogP contribution in [0.15, 0.2) is 80.7 Å². The molecule has 6 nitrogen and oxygen atoms in total. The van der Waals surface area contributed by atoms with Gasteiger partial charge < -0.3 is 9.15 Å². The third-order valence-corrected chi connectivity index (χ3v) is 5.67. The lowest BCUT2D eigenvalue weighted by molar-refractivity contribution is -0.123. The van der Waals surface area contributed by atoms with E-state index in [1.54, 1.807) is 36.4 Å². The Kier molecular flexibility index (Phi) is 5.87. The molecule has 2 aromatic carbocycles. The topological polar surface area (TPSA) is 76.8 Å². The number of imide groups is 1. The van der Waals surface area contributed by atoms with E-state index < -0.39 is 5.97 Å². The second-order valence-corrected chi connectivity index (χ2v) is 8.24. The molecule has 0 unspecified atom stereocenters. The van der Waals surface area contributed by atoms with Gasteiger partial charge in [-0.25, -0.2) is 4.79 Å². The van der Waals surface area contributed by atoms with Gasteiger partial charge in [-0.05, 0) is 65.4 Å². The lowest BCUT2D eigenvalue weighted by Crippen LogP contribution is -2.27. The predicted octanol–water partition coefficient (Wildman–Crippen LogP) is 5.50. The highest BCUT2D eigenvalue weighted by molar-refractivity contribution is 9.10. The number of hydrogen-bond donors (Lipinski definition) is 0. The van der Waals surface area contributed by atoms with Gasteiger partial charge in [-0.1, -0.05) is 40.2 Å². The Morgan fingerprint density at radius 1 is 1.07 bits per heavy atom. The third kappa shape index (κ3) is 4.55. The molecule has 1 aliphatic rings. The van der Waals surface area contributed by atoms with E-state index in [0.717, 1.165) is 21.8 Å². The molecule has 0 saturated carbocycles. The average molecular weight is 484 g/mol. The minimum Gasteiger partial charge on any atom is -0.457 e. The summed E-state index contributed by atoms with van der Waals surface area (Å²) in [5, 5.41) is -0.307. The molecule has 30 heavy (non-hydrogen) atoms. The van der Waals surface area contributed by atoms with Gasteiger partial charge in [0.1, 0.15) is 5.75 Å². The number of thioether (sulfide) groups is 1. The number of carbonyl (C=O) groups is 3. The molecule has 4 rings (SSSR count). The summed E-state index contributed by atoms with van der Waals surface area (Å²) in [5.41, 5.74) is 1.58. The number of hydrogen-bond acceptors (Lipinski definition) is 6. The monoisotopic (exact) mass is 483 g/mol. The summed E-state index contributed by atoms with van der Waals surface area (Å²) in [6.45, 7) is 0.219. The summed E-state index contributed by atoms with van der Waals surface area (Å²) in [5.74, 6) is -0.474. The van der Waals surface area contributed by atoms with Gasteiger partial charge in [-0.2, -0.15) is 0 Å². The molecule has 150 valence electrons. The lowest BCUT2D eigenvalue weighted by atomic mass is 10.2. The van der Waals surface area contributed by atoms with Crippen LogP contribution in [-0.4, -0.2) is 22.0 Å². The first-order chi connectivity index (χ1) is 14.5. The van der Waals surface area contributed by atoms with Crippen molar-refractivity contribution >= 4 is 50.9 Å². The highest BCUT2D eigenvalue weighted by Crippen LogP contribution is 2.33. The number of rotatable bonds is 5. The molecule has 1 aliphatic heterocycles. The van der Waals surface area contributed by atoms with Crippen LogP contribution in [0.5, 0.6) is 5.75 Å². The Bertz CT molecular complexity index is 1120. The number of benzene rings is 2. The van der Waals surface area contributed by atoms with Gasteiger partial charge in [0.2, 0.25) is 5.76 Å². The molecule has 3 aromatic rings. The number of furan rings is 1. The number of halogens is 1. The van der Waals surface area contributed by atoms with Crippen LogP contribution in [0.4, 0.5) is 4.79 Å². The second kappa shape index (κ2) is 8.73. The Morgan fingerprint density at radius 3 is 2.47 bits per heavy atom. The smallest absolute Gasteiger partial charge is 0.379 e. The Labute approximate surface area is 184 Å². The van der Waals surface area contributed by atoms with E-state index in [4.69, 9.17) is 9.15 Å². The molecular formula is C22H14BrNO5S. The van der Waals surface area contributed by atoms with Crippen LogP contribution >= 0.6 is 27.7 Å². The maximum absolute atomic E-state index is 12.7. The van der Waals surface area contributed by atoms with Crippen molar-refractivity contribution in [2.75, 3.05) is 0 Å². The highest BCUT2D eigenvalue weighted by Gasteiger charge is 2.34. The Morgan fingerprint density at radius 2 is 1.80 bits per heavy atom. The van der Waals surface area contributed by atoms with E-state index in [2.05, 4.69) is 15.9 Å². The number of nitrogens with zero attached hydrogens (tertiary/aromatic N) is 1. The predicted molar refractivity (Wildman–Crippen MR) is 116 cm³/mol. The van der Waals surface area contributed by atoms with Crippen LogP contribution in [-0.2, 0) is 11.3 Å². The number of esters is 1. The van der Waals surface area contributed by atoms with Gasteiger partial charge in [0, 0.05) is 4.47 Å². The molecule has 0 radical (unpaired) electrons. The molecular weight excluding hydrogens is 470 g/mol. The van der Waals surface area contributed by atoms with Crippen LogP contribution < -0.4 is 4.74 Å². The zero-order valence-corrected chi connectivity index (χ0v) is 17.8. The van der Waals surface area contributed by atoms with E-state index >= 15 is 0 Å². The van der Waals surface area contributed by atoms with Gasteiger partial charge in [0.05, 0.1) is 17.7 Å². The van der Waals surface area contributed by atoms with Gasteiger partial charge >= 0.3 is 5.97 Å². The number of carbonyl (C=O) groups excluding carboxylic acids is 3. The fraction of sp³-hybridized carbons (Fsp3) is 0.0455. The molecule has 8 heteroatoms. The van der Waals surface area contributed by atoms with E-state index in [-0.39, 0.29) is 23.5 Å². The van der Waals surface area contributed by atoms with Crippen LogP contribution in [0.3, 0.4) is 0 Å². The molecule has 1 aromatic heterocycles. The lowest BCUT2D eigenvalue weighted by Gasteiger charge is -2.12. The SMILES string of the molecule is O=C(Oc1ccc(/C=C2\SC(=O)N(Cc3ccc(Br)cc3)C2=O)cc1)c1ccco1. The van der Waals surface area contributed by atoms with Gasteiger partial charge in [-0.15, -0.1) is 0 Å². The normalized spacial score (nSPS) is 15.1. The van der Waals surface area contributed by atoms with Crippen molar-refractivity contribution in [1.29, 1.82) is 0 Å². The quantitative estimate of drug-likeness (QED) is 0.271. The first-order valence-corrected chi connectivity index (χ1v) is 10.5. The van der Waals surface area contributed by atoms with Gasteiger partial charge in [0.15, 0.2) is 0 Å². The molecule has 2 heterocycles. The number of ether oxygens (including phenoxy) is 1. The summed E-state index contributed by atoms with van der Waals surface area (Å²) in [6, 6.07) is 17.2. The first kappa shape index (κ1) is 20.2. The summed E-state index contributed by atoms with van der Waals surface area (Å²) in [6.07, 6.45) is 3.04. The highest BCUT2D eigenvalue weighted by atomic mass is 79.9. The van der Waals surface area contributed by atoms with Crippen molar-refractivity contribution in [2.24, 2.45) is 0 Å². The summed E-state index contributed by atoms with van der Waals surface area (Å²) in [7, 11) is 0. The van der Waals surface area contributed by atoms with Crippen molar-refractivity contribution in [1.82, 2.24) is 4.90 Å². The van der Waals surface area contributed by atoms with E-state index in [9.17, 15) is 14.4 Å². The zero-order chi connectivity index (χ0) is 21.1. The van der Waals surface area contributed by atoms with Crippen molar-refractivity contribution in [3.8, 4) is 5.75 Å². The molecule has 0 spiro atoms. The van der Waals surface area contributed by atoms with Crippen LogP contribution in [0.1, 0.15) is 21.7 Å². The molecule has 1 fully saturated rings. The van der Waals surface area contributed by atoms with Crippen LogP contribution in [0.25, 0.3) is 6.08 Å². The fourth-order valence-corrected chi connectivity index (χ4v) is 3.85. The van der Waals surface area contributed by atoms with Crippen molar-refractivity contribution < 1.29 is 23.5 Å². The average Bonchev–Trinajstić information content (AvgIpc) is 3.36. The molecule has 0 N–H and O–H groups in total. The molecule has 1 saturated heterocycles. The van der Waals surface area contributed by atoms with Gasteiger partial charge in [0.25, 0.3) is 11.1 Å². The minimum atomic E-state index is -0.596. The molecule has 0 bridgehead atoms. The fourth-order valence-electron chi connectivity index (χ4n) is 2.74. The first-order valence-electron chi connectivity index (χ1n) is 8.85. The minimum absolute atomic E-state index is 0.110. The van der Waals surface area contributed by atoms with E-state index in [0.29, 0.717) is 16.2 Å². The van der Waals surface area contributed by atoms with E-state index in [1.807, 2.05) is 24.3 Å². The molecule has 2 amide bonds. The van der Waals surface area contributed by atoms with Gasteiger partial charge in [-0.3, -0.25) is 14.5 Å². The van der Waals surface area contributed by atoms with Crippen molar-refractivity contribution in [2.45, 2.75) is 6.54 Å². The summed E-state index contributed by atoms with van der Waals surface area (Å²) in [4.78, 5) is 38.4. The van der Waals surface area contributed by atoms with E-state index in [1.165, 1.54) is 17.2 Å². The number of amides is 2. The van der Waals surface area contributed by atoms with Crippen molar-refractivity contribution in [3.05, 3.63) is 93.2 Å². The molecule has 0 atom stereocenters. The Balaban J connectivity index is 1.44. The second-order valence-electron chi connectivity index (χ2n) is 6.33. The van der Waals surface area contributed by atoms with Crippen molar-refractivity contribution in [3.63, 3.8) is 0 Å². The summed E-state index contributed by atoms with van der Waals surface area (Å²) >= 11 is 4.27. The summed E-state index contributed by atoms with van der Waals surface area (Å²) < 4.78 is 11.1. The standard InChI is InChI=1S/C22H14BrNO5S/c23-16-7-3-15(4-8-16)13-24-20(25)19(30-22(24)27)12-14-5-9-17(10-6-14)29-21(26)18-2-1-11-28-18/h1-12H,13H2/b19-12-. The largest absolute Gasteiger partial charge is 0.457 e. The molecule has 0 aliphatic carbocycles. The zero-order valence-electron chi connectivity index (χ0n) is 15.4.